The van der Waals surface area contributed by atoms with Crippen molar-refractivity contribution < 1.29 is 5.11 Å². The maximum absolute atomic E-state index is 9.12. The van der Waals surface area contributed by atoms with Gasteiger partial charge in [-0.05, 0) is 6.92 Å². The summed E-state index contributed by atoms with van der Waals surface area (Å²) in [6.45, 7) is 1.93. The van der Waals surface area contributed by atoms with Crippen LogP contribution in [0.3, 0.4) is 0 Å². The molecule has 0 fully saturated rings. The summed E-state index contributed by atoms with van der Waals surface area (Å²) in [5, 5.41) is 18.0. The molecule has 3 N–H and O–H groups in total. The van der Waals surface area contributed by atoms with E-state index in [1.165, 1.54) is 23.1 Å². The third-order valence-corrected chi connectivity index (χ3v) is 4.39. The van der Waals surface area contributed by atoms with Gasteiger partial charge >= 0.3 is 0 Å². The summed E-state index contributed by atoms with van der Waals surface area (Å²) in [4.78, 5) is 1.90. The lowest BCUT2D eigenvalue weighted by Gasteiger charge is -2.15. The molecule has 1 aromatic heterocycles. The van der Waals surface area contributed by atoms with E-state index in [4.69, 9.17) is 10.8 Å². The molecule has 1 aromatic rings. The number of anilines is 1. The Morgan fingerprint density at radius 3 is 2.60 bits per heavy atom. The zero-order valence-electron chi connectivity index (χ0n) is 9.04. The Kier molecular flexibility index (Phi) is 4.78. The second-order valence-corrected chi connectivity index (χ2v) is 5.89. The van der Waals surface area contributed by atoms with Crippen LogP contribution in [0, 0.1) is 0 Å². The van der Waals surface area contributed by atoms with Crippen molar-refractivity contribution in [3.05, 3.63) is 0 Å². The lowest BCUT2D eigenvalue weighted by atomic mass is 10.3. The van der Waals surface area contributed by atoms with Crippen molar-refractivity contribution in [3.63, 3.8) is 0 Å². The van der Waals surface area contributed by atoms with Crippen molar-refractivity contribution in [1.29, 1.82) is 0 Å². The lowest BCUT2D eigenvalue weighted by molar-refractivity contribution is 0.285. The maximum atomic E-state index is 9.12. The molecule has 2 atom stereocenters. The van der Waals surface area contributed by atoms with E-state index in [-0.39, 0.29) is 17.9 Å². The van der Waals surface area contributed by atoms with Crippen molar-refractivity contribution in [2.24, 2.45) is 5.73 Å². The molecule has 0 aliphatic heterocycles. The van der Waals surface area contributed by atoms with Crippen LogP contribution in [-0.2, 0) is 0 Å². The molecular weight excluding hydrogens is 232 g/mol. The first-order chi connectivity index (χ1) is 7.04. The van der Waals surface area contributed by atoms with E-state index in [1.54, 1.807) is 0 Å². The van der Waals surface area contributed by atoms with Gasteiger partial charge in [0.05, 0.1) is 6.61 Å². The van der Waals surface area contributed by atoms with Gasteiger partial charge in [-0.25, -0.2) is 0 Å². The van der Waals surface area contributed by atoms with Crippen molar-refractivity contribution >= 4 is 28.2 Å². The number of thioether (sulfide) groups is 1. The lowest BCUT2D eigenvalue weighted by Crippen LogP contribution is -2.31. The van der Waals surface area contributed by atoms with Crippen molar-refractivity contribution in [2.75, 3.05) is 25.6 Å². The Labute approximate surface area is 97.7 Å². The van der Waals surface area contributed by atoms with Gasteiger partial charge in [-0.15, -0.1) is 10.2 Å². The van der Waals surface area contributed by atoms with Crippen LogP contribution in [0.1, 0.15) is 6.92 Å². The number of hydrogen-bond donors (Lipinski definition) is 2. The predicted molar refractivity (Wildman–Crippen MR) is 64.6 cm³/mol. The zero-order chi connectivity index (χ0) is 11.4. The summed E-state index contributed by atoms with van der Waals surface area (Å²) in [6, 6.07) is -0.0632. The highest BCUT2D eigenvalue weighted by atomic mass is 32.2. The fourth-order valence-corrected chi connectivity index (χ4v) is 2.80. The monoisotopic (exact) mass is 248 g/mol. The topological polar surface area (TPSA) is 75.3 Å². The van der Waals surface area contributed by atoms with Gasteiger partial charge in [0, 0.05) is 25.4 Å². The highest BCUT2D eigenvalue weighted by Crippen LogP contribution is 2.30. The van der Waals surface area contributed by atoms with E-state index in [0.29, 0.717) is 0 Å². The molecule has 15 heavy (non-hydrogen) atoms. The van der Waals surface area contributed by atoms with E-state index < -0.39 is 0 Å². The molecule has 0 bridgehead atoms. The second kappa shape index (κ2) is 5.64. The summed E-state index contributed by atoms with van der Waals surface area (Å²) < 4.78 is 0.843. The highest BCUT2D eigenvalue weighted by Gasteiger charge is 2.17. The van der Waals surface area contributed by atoms with Crippen molar-refractivity contribution in [2.45, 2.75) is 22.6 Å². The van der Waals surface area contributed by atoms with Crippen LogP contribution in [0.5, 0.6) is 0 Å². The molecule has 86 valence electrons. The van der Waals surface area contributed by atoms with Gasteiger partial charge in [-0.2, -0.15) is 0 Å². The van der Waals surface area contributed by atoms with Gasteiger partial charge < -0.3 is 15.7 Å². The predicted octanol–water partition coefficient (Wildman–Crippen LogP) is 0.404. The van der Waals surface area contributed by atoms with Gasteiger partial charge in [-0.3, -0.25) is 0 Å². The molecule has 0 radical (unpaired) electrons. The highest BCUT2D eigenvalue weighted by molar-refractivity contribution is 8.01. The fraction of sp³-hybridized carbons (Fsp3) is 0.750. The Morgan fingerprint density at radius 2 is 2.20 bits per heavy atom. The molecule has 0 spiro atoms. The Morgan fingerprint density at radius 1 is 1.53 bits per heavy atom. The molecule has 0 amide bonds. The Hall–Kier alpha value is -0.370. The average Bonchev–Trinajstić information content (AvgIpc) is 2.61. The Balaban J connectivity index is 2.63. The van der Waals surface area contributed by atoms with E-state index >= 15 is 0 Å². The summed E-state index contributed by atoms with van der Waals surface area (Å²) in [5.41, 5.74) is 5.73. The summed E-state index contributed by atoms with van der Waals surface area (Å²) >= 11 is 2.98. The number of aliphatic hydroxyl groups is 1. The SMILES string of the molecule is CC(N)C(CO)Sc1nnc(N(C)C)s1. The number of aromatic nitrogens is 2. The molecule has 7 heteroatoms. The molecule has 1 rings (SSSR count). The number of hydrogen-bond acceptors (Lipinski definition) is 7. The molecule has 0 aromatic carbocycles. The summed E-state index contributed by atoms with van der Waals surface area (Å²) in [7, 11) is 3.84. The van der Waals surface area contributed by atoms with Gasteiger partial charge in [0.25, 0.3) is 0 Å². The molecule has 0 aliphatic rings. The number of rotatable bonds is 5. The van der Waals surface area contributed by atoms with Gasteiger partial charge in [0.1, 0.15) is 0 Å². The first-order valence-electron chi connectivity index (χ1n) is 4.58. The minimum Gasteiger partial charge on any atom is -0.395 e. The molecule has 0 saturated heterocycles. The number of nitrogens with zero attached hydrogens (tertiary/aromatic N) is 3. The van der Waals surface area contributed by atoms with E-state index in [2.05, 4.69) is 10.2 Å². The van der Waals surface area contributed by atoms with E-state index in [0.717, 1.165) is 9.47 Å². The van der Waals surface area contributed by atoms with Crippen LogP contribution in [-0.4, -0.2) is 47.3 Å². The summed E-state index contributed by atoms with van der Waals surface area (Å²) in [6.07, 6.45) is 0. The standard InChI is InChI=1S/C8H16N4OS2/c1-5(9)6(4-13)14-8-11-10-7(15-8)12(2)3/h5-6,13H,4,9H2,1-3H3. The molecule has 0 aliphatic carbocycles. The van der Waals surface area contributed by atoms with Crippen LogP contribution in [0.2, 0.25) is 0 Å². The number of aliphatic hydroxyl groups excluding tert-OH is 1. The number of nitrogens with two attached hydrogens (primary N) is 1. The second-order valence-electron chi connectivity index (χ2n) is 3.44. The van der Waals surface area contributed by atoms with Gasteiger partial charge in [0.2, 0.25) is 5.13 Å². The first kappa shape index (κ1) is 12.7. The smallest absolute Gasteiger partial charge is 0.208 e. The van der Waals surface area contributed by atoms with Gasteiger partial charge in [-0.1, -0.05) is 23.1 Å². The molecule has 5 nitrogen and oxygen atoms in total. The fourth-order valence-electron chi connectivity index (χ4n) is 0.871. The van der Waals surface area contributed by atoms with Crippen molar-refractivity contribution in [3.8, 4) is 0 Å². The third-order valence-electron chi connectivity index (χ3n) is 1.80. The van der Waals surface area contributed by atoms with E-state index in [9.17, 15) is 0 Å². The quantitative estimate of drug-likeness (QED) is 0.735. The van der Waals surface area contributed by atoms with Gasteiger partial charge in [0.15, 0.2) is 4.34 Å². The third kappa shape index (κ3) is 3.60. The van der Waals surface area contributed by atoms with Crippen LogP contribution >= 0.6 is 23.1 Å². The maximum Gasteiger partial charge on any atom is 0.208 e. The van der Waals surface area contributed by atoms with Crippen LogP contribution in [0.4, 0.5) is 5.13 Å². The Bertz CT molecular complexity index is 303. The minimum atomic E-state index is -0.0632. The molecule has 2 unspecified atom stereocenters. The average molecular weight is 248 g/mol. The molecular formula is C8H16N4OS2. The zero-order valence-corrected chi connectivity index (χ0v) is 10.7. The van der Waals surface area contributed by atoms with Crippen LogP contribution in [0.15, 0.2) is 4.34 Å². The minimum absolute atomic E-state index is 0.0204. The molecule has 0 saturated carbocycles. The normalized spacial score (nSPS) is 15.0. The van der Waals surface area contributed by atoms with Crippen molar-refractivity contribution in [1.82, 2.24) is 10.2 Å². The van der Waals surface area contributed by atoms with E-state index in [1.807, 2.05) is 25.9 Å². The first-order valence-corrected chi connectivity index (χ1v) is 6.28. The van der Waals surface area contributed by atoms with Crippen LogP contribution in [0.25, 0.3) is 0 Å². The van der Waals surface area contributed by atoms with Crippen LogP contribution < -0.4 is 10.6 Å². The summed E-state index contributed by atoms with van der Waals surface area (Å²) in [5.74, 6) is 0. The largest absolute Gasteiger partial charge is 0.395 e. The molecule has 1 heterocycles.